The molecule has 0 aromatic heterocycles. The van der Waals surface area contributed by atoms with Crippen molar-refractivity contribution in [2.45, 2.75) is 19.5 Å². The minimum Gasteiger partial charge on any atom is -0.481 e. The Balaban J connectivity index is 1.70. The zero-order valence-electron chi connectivity index (χ0n) is 9.30. The number of hydrogen-bond donors (Lipinski definition) is 1. The summed E-state index contributed by atoms with van der Waals surface area (Å²) in [6, 6.07) is 7.96. The van der Waals surface area contributed by atoms with E-state index in [4.69, 9.17) is 5.11 Å². The van der Waals surface area contributed by atoms with E-state index in [1.165, 1.54) is 11.1 Å². The molecule has 2 atom stereocenters. The van der Waals surface area contributed by atoms with Crippen LogP contribution in [0.2, 0.25) is 0 Å². The predicted molar refractivity (Wildman–Crippen MR) is 59.9 cm³/mol. The summed E-state index contributed by atoms with van der Waals surface area (Å²) >= 11 is 0. The second-order valence-electron chi connectivity index (χ2n) is 4.75. The van der Waals surface area contributed by atoms with Gasteiger partial charge in [-0.15, -0.1) is 0 Å². The molecule has 1 heterocycles. The van der Waals surface area contributed by atoms with E-state index < -0.39 is 11.9 Å². The molecule has 88 valence electrons. The van der Waals surface area contributed by atoms with E-state index in [0.29, 0.717) is 19.5 Å². The van der Waals surface area contributed by atoms with Gasteiger partial charge in [0.2, 0.25) is 5.91 Å². The summed E-state index contributed by atoms with van der Waals surface area (Å²) in [5, 5.41) is 8.82. The Labute approximate surface area is 98.9 Å². The number of carbonyl (C=O) groups excluding carboxylic acids is 1. The Kier molecular flexibility index (Phi) is 2.18. The number of carboxylic acids is 1. The van der Waals surface area contributed by atoms with Gasteiger partial charge in [-0.1, -0.05) is 24.3 Å². The average molecular weight is 231 g/mol. The van der Waals surface area contributed by atoms with Crippen molar-refractivity contribution in [1.29, 1.82) is 0 Å². The number of benzene rings is 1. The van der Waals surface area contributed by atoms with Crippen molar-refractivity contribution in [1.82, 2.24) is 4.90 Å². The van der Waals surface area contributed by atoms with Crippen LogP contribution < -0.4 is 0 Å². The molecule has 17 heavy (non-hydrogen) atoms. The van der Waals surface area contributed by atoms with E-state index in [0.717, 1.165) is 0 Å². The van der Waals surface area contributed by atoms with Gasteiger partial charge in [-0.2, -0.15) is 0 Å². The normalized spacial score (nSPS) is 25.5. The van der Waals surface area contributed by atoms with Crippen LogP contribution in [0.15, 0.2) is 24.3 Å². The van der Waals surface area contributed by atoms with Gasteiger partial charge in [-0.3, -0.25) is 9.59 Å². The van der Waals surface area contributed by atoms with E-state index in [-0.39, 0.29) is 11.8 Å². The first-order valence-corrected chi connectivity index (χ1v) is 5.75. The summed E-state index contributed by atoms with van der Waals surface area (Å²) in [7, 11) is 0. The van der Waals surface area contributed by atoms with E-state index >= 15 is 0 Å². The topological polar surface area (TPSA) is 57.6 Å². The van der Waals surface area contributed by atoms with Crippen LogP contribution in [-0.4, -0.2) is 21.9 Å². The van der Waals surface area contributed by atoms with Crippen molar-refractivity contribution in [3.8, 4) is 0 Å². The van der Waals surface area contributed by atoms with E-state index in [1.54, 1.807) is 4.90 Å². The molecule has 0 spiro atoms. The summed E-state index contributed by atoms with van der Waals surface area (Å²) in [6.45, 7) is 1.25. The number of carbonyl (C=O) groups is 2. The van der Waals surface area contributed by atoms with Gasteiger partial charge in [0.1, 0.15) is 0 Å². The average Bonchev–Trinajstić information content (AvgIpc) is 3.00. The zero-order valence-corrected chi connectivity index (χ0v) is 9.30. The van der Waals surface area contributed by atoms with Gasteiger partial charge in [0.15, 0.2) is 0 Å². The number of amides is 1. The number of aliphatic carboxylic acids is 1. The fourth-order valence-electron chi connectivity index (χ4n) is 2.46. The van der Waals surface area contributed by atoms with Gasteiger partial charge in [0.25, 0.3) is 0 Å². The third-order valence-electron chi connectivity index (χ3n) is 3.58. The fraction of sp³-hybridized carbons (Fsp3) is 0.385. The highest BCUT2D eigenvalue weighted by molar-refractivity contribution is 5.89. The van der Waals surface area contributed by atoms with Gasteiger partial charge in [-0.05, 0) is 17.5 Å². The first-order chi connectivity index (χ1) is 8.16. The quantitative estimate of drug-likeness (QED) is 0.833. The van der Waals surface area contributed by atoms with Crippen molar-refractivity contribution < 1.29 is 14.7 Å². The van der Waals surface area contributed by atoms with E-state index in [1.807, 2.05) is 24.3 Å². The Morgan fingerprint density at radius 1 is 1.12 bits per heavy atom. The van der Waals surface area contributed by atoms with Crippen molar-refractivity contribution in [2.75, 3.05) is 0 Å². The molecular formula is C13H13NO3. The summed E-state index contributed by atoms with van der Waals surface area (Å²) in [5.74, 6) is -1.60. The van der Waals surface area contributed by atoms with Crippen LogP contribution in [0.5, 0.6) is 0 Å². The maximum atomic E-state index is 12.1. The lowest BCUT2D eigenvalue weighted by molar-refractivity contribution is -0.142. The molecule has 4 nitrogen and oxygen atoms in total. The standard InChI is InChI=1S/C13H13NO3/c15-12(10-5-11(10)13(16)17)14-6-8-3-1-2-4-9(8)7-14/h1-4,10-11H,5-7H2,(H,16,17)/t10-,11+/m1/s1. The van der Waals surface area contributed by atoms with Crippen LogP contribution >= 0.6 is 0 Å². The first kappa shape index (κ1) is 10.3. The van der Waals surface area contributed by atoms with Crippen LogP contribution in [0.25, 0.3) is 0 Å². The van der Waals surface area contributed by atoms with Crippen LogP contribution in [-0.2, 0) is 22.7 Å². The molecule has 1 aliphatic carbocycles. The molecule has 1 fully saturated rings. The lowest BCUT2D eigenvalue weighted by Crippen LogP contribution is -2.28. The minimum absolute atomic E-state index is 0.00593. The number of hydrogen-bond acceptors (Lipinski definition) is 2. The summed E-state index contributed by atoms with van der Waals surface area (Å²) in [6.07, 6.45) is 0.501. The molecule has 1 aromatic carbocycles. The molecule has 0 radical (unpaired) electrons. The monoisotopic (exact) mass is 231 g/mol. The lowest BCUT2D eigenvalue weighted by atomic mass is 10.1. The number of fused-ring (bicyclic) bond motifs is 1. The third-order valence-corrected chi connectivity index (χ3v) is 3.58. The van der Waals surface area contributed by atoms with E-state index in [9.17, 15) is 9.59 Å². The molecule has 1 saturated carbocycles. The molecule has 1 amide bonds. The van der Waals surface area contributed by atoms with Crippen LogP contribution in [0.4, 0.5) is 0 Å². The van der Waals surface area contributed by atoms with Crippen molar-refractivity contribution >= 4 is 11.9 Å². The Bertz CT molecular complexity index is 472. The second kappa shape index (κ2) is 3.58. The molecule has 0 unspecified atom stereocenters. The smallest absolute Gasteiger partial charge is 0.307 e. The minimum atomic E-state index is -0.847. The van der Waals surface area contributed by atoms with Gasteiger partial charge in [0, 0.05) is 13.1 Å². The van der Waals surface area contributed by atoms with Gasteiger partial charge < -0.3 is 10.0 Å². The van der Waals surface area contributed by atoms with Crippen molar-refractivity contribution in [2.24, 2.45) is 11.8 Å². The third kappa shape index (κ3) is 1.69. The predicted octanol–water partition coefficient (Wildman–Crippen LogP) is 1.25. The molecule has 4 heteroatoms. The van der Waals surface area contributed by atoms with Gasteiger partial charge >= 0.3 is 5.97 Å². The second-order valence-corrected chi connectivity index (χ2v) is 4.75. The van der Waals surface area contributed by atoms with Crippen molar-refractivity contribution in [3.63, 3.8) is 0 Å². The Morgan fingerprint density at radius 3 is 2.18 bits per heavy atom. The van der Waals surface area contributed by atoms with E-state index in [2.05, 4.69) is 0 Å². The largest absolute Gasteiger partial charge is 0.481 e. The fourth-order valence-corrected chi connectivity index (χ4v) is 2.46. The van der Waals surface area contributed by atoms with Crippen LogP contribution in [0.1, 0.15) is 17.5 Å². The number of nitrogens with zero attached hydrogens (tertiary/aromatic N) is 1. The highest BCUT2D eigenvalue weighted by atomic mass is 16.4. The Morgan fingerprint density at radius 2 is 1.71 bits per heavy atom. The van der Waals surface area contributed by atoms with Crippen LogP contribution in [0.3, 0.4) is 0 Å². The maximum absolute atomic E-state index is 12.1. The molecule has 2 aliphatic rings. The highest BCUT2D eigenvalue weighted by Gasteiger charge is 2.50. The van der Waals surface area contributed by atoms with Crippen molar-refractivity contribution in [3.05, 3.63) is 35.4 Å². The number of rotatable bonds is 2. The Hall–Kier alpha value is -1.84. The SMILES string of the molecule is O=C(O)[C@H]1C[C@H]1C(=O)N1Cc2ccccc2C1. The number of carboxylic acid groups (broad SMARTS) is 1. The molecular weight excluding hydrogens is 218 g/mol. The lowest BCUT2D eigenvalue weighted by Gasteiger charge is -2.14. The van der Waals surface area contributed by atoms with Gasteiger partial charge in [0.05, 0.1) is 11.8 Å². The summed E-state index contributed by atoms with van der Waals surface area (Å²) in [5.41, 5.74) is 2.35. The highest BCUT2D eigenvalue weighted by Crippen LogP contribution is 2.41. The molecule has 3 rings (SSSR count). The van der Waals surface area contributed by atoms with Crippen LogP contribution in [0, 0.1) is 11.8 Å². The molecule has 1 aliphatic heterocycles. The summed E-state index contributed by atoms with van der Waals surface area (Å²) in [4.78, 5) is 24.6. The molecule has 0 bridgehead atoms. The van der Waals surface area contributed by atoms with Gasteiger partial charge in [-0.25, -0.2) is 0 Å². The summed E-state index contributed by atoms with van der Waals surface area (Å²) < 4.78 is 0. The first-order valence-electron chi connectivity index (χ1n) is 5.75. The molecule has 1 N–H and O–H groups in total. The molecule has 0 saturated heterocycles. The molecule has 1 aromatic rings. The zero-order chi connectivity index (χ0) is 12.0. The maximum Gasteiger partial charge on any atom is 0.307 e.